The largest absolute Gasteiger partial charge is 0.471 e. The summed E-state index contributed by atoms with van der Waals surface area (Å²) in [6.45, 7) is 10.3. The number of hydrogen-bond donors (Lipinski definition) is 1. The summed E-state index contributed by atoms with van der Waals surface area (Å²) in [4.78, 5) is 6.83. The lowest BCUT2D eigenvalue weighted by Crippen LogP contribution is -2.43. The molecule has 112 valence electrons. The van der Waals surface area contributed by atoms with Gasteiger partial charge in [0.25, 0.3) is 0 Å². The fourth-order valence-electron chi connectivity index (χ4n) is 2.62. The van der Waals surface area contributed by atoms with Crippen molar-refractivity contribution in [3.63, 3.8) is 0 Å². The maximum atomic E-state index is 6.02. The number of rotatable bonds is 2. The monoisotopic (exact) mass is 285 g/mol. The third-order valence-electron chi connectivity index (χ3n) is 3.60. The summed E-state index contributed by atoms with van der Waals surface area (Å²) in [7, 11) is 0. The molecule has 21 heavy (non-hydrogen) atoms. The van der Waals surface area contributed by atoms with Crippen LogP contribution in [0.5, 0.6) is 5.88 Å². The van der Waals surface area contributed by atoms with Crippen LogP contribution in [0.2, 0.25) is 0 Å². The van der Waals surface area contributed by atoms with Crippen molar-refractivity contribution in [2.45, 2.75) is 26.4 Å². The van der Waals surface area contributed by atoms with Crippen molar-refractivity contribution in [1.29, 1.82) is 0 Å². The van der Waals surface area contributed by atoms with Gasteiger partial charge in [-0.05, 0) is 44.4 Å². The molecule has 0 atom stereocenters. The first-order valence-electron chi connectivity index (χ1n) is 7.56. The molecule has 3 rings (SSSR count). The van der Waals surface area contributed by atoms with Crippen LogP contribution in [0.3, 0.4) is 0 Å². The van der Waals surface area contributed by atoms with Gasteiger partial charge < -0.3 is 15.0 Å². The molecule has 1 aromatic heterocycles. The topological polar surface area (TPSA) is 37.4 Å². The Labute approximate surface area is 126 Å². The predicted molar refractivity (Wildman–Crippen MR) is 87.2 cm³/mol. The van der Waals surface area contributed by atoms with Crippen LogP contribution >= 0.6 is 0 Å². The van der Waals surface area contributed by atoms with Crippen molar-refractivity contribution in [1.82, 2.24) is 10.3 Å². The van der Waals surface area contributed by atoms with Gasteiger partial charge in [0.2, 0.25) is 5.88 Å². The first-order valence-corrected chi connectivity index (χ1v) is 7.56. The summed E-state index contributed by atoms with van der Waals surface area (Å²) in [6, 6.07) is 8.58. The summed E-state index contributed by atoms with van der Waals surface area (Å²) in [6.07, 6.45) is 1.81. The molecule has 0 unspecified atom stereocenters. The van der Waals surface area contributed by atoms with E-state index in [0.717, 1.165) is 37.4 Å². The molecule has 0 bridgehead atoms. The normalized spacial score (nSPS) is 16.2. The SMILES string of the molecule is CC(C)(C)Oc1nccc2ccc(N3CCNCC3)cc12. The zero-order valence-electron chi connectivity index (χ0n) is 13.0. The Morgan fingerprint density at radius 3 is 2.62 bits per heavy atom. The van der Waals surface area contributed by atoms with Gasteiger partial charge in [0.15, 0.2) is 0 Å². The highest BCUT2D eigenvalue weighted by atomic mass is 16.5. The first kappa shape index (κ1) is 14.1. The van der Waals surface area contributed by atoms with Gasteiger partial charge in [0.1, 0.15) is 5.60 Å². The lowest BCUT2D eigenvalue weighted by molar-refractivity contribution is 0.126. The minimum atomic E-state index is -0.244. The number of benzene rings is 1. The smallest absolute Gasteiger partial charge is 0.221 e. The van der Waals surface area contributed by atoms with Crippen LogP contribution in [-0.4, -0.2) is 36.8 Å². The minimum Gasteiger partial charge on any atom is -0.471 e. The number of piperazine rings is 1. The van der Waals surface area contributed by atoms with Crippen LogP contribution in [-0.2, 0) is 0 Å². The van der Waals surface area contributed by atoms with Crippen LogP contribution < -0.4 is 15.0 Å². The van der Waals surface area contributed by atoms with E-state index in [0.29, 0.717) is 0 Å². The molecule has 1 aliphatic heterocycles. The zero-order valence-corrected chi connectivity index (χ0v) is 13.0. The summed E-state index contributed by atoms with van der Waals surface area (Å²) in [5, 5.41) is 5.64. The van der Waals surface area contributed by atoms with Crippen LogP contribution in [0.1, 0.15) is 20.8 Å². The number of pyridine rings is 1. The Balaban J connectivity index is 2.00. The van der Waals surface area contributed by atoms with E-state index in [4.69, 9.17) is 4.74 Å². The standard InChI is InChI=1S/C17H23N3O/c1-17(2,3)21-16-15-12-14(20-10-8-18-9-11-20)5-4-13(15)6-7-19-16/h4-7,12,18H,8-11H2,1-3H3. The third-order valence-corrected chi connectivity index (χ3v) is 3.60. The van der Waals surface area contributed by atoms with Gasteiger partial charge in [0, 0.05) is 43.4 Å². The Morgan fingerprint density at radius 1 is 1.14 bits per heavy atom. The van der Waals surface area contributed by atoms with Gasteiger partial charge in [-0.25, -0.2) is 4.98 Å². The molecule has 1 aromatic carbocycles. The van der Waals surface area contributed by atoms with E-state index in [-0.39, 0.29) is 5.60 Å². The van der Waals surface area contributed by atoms with Gasteiger partial charge in [0.05, 0.1) is 0 Å². The van der Waals surface area contributed by atoms with E-state index in [2.05, 4.69) is 33.4 Å². The van der Waals surface area contributed by atoms with Gasteiger partial charge in [-0.15, -0.1) is 0 Å². The van der Waals surface area contributed by atoms with Crippen LogP contribution in [0.15, 0.2) is 30.5 Å². The number of nitrogens with zero attached hydrogens (tertiary/aromatic N) is 2. The third kappa shape index (κ3) is 3.27. The maximum Gasteiger partial charge on any atom is 0.221 e. The van der Waals surface area contributed by atoms with E-state index in [9.17, 15) is 0 Å². The zero-order chi connectivity index (χ0) is 14.9. The number of aromatic nitrogens is 1. The van der Waals surface area contributed by atoms with Crippen molar-refractivity contribution in [2.24, 2.45) is 0 Å². The Kier molecular flexibility index (Phi) is 3.72. The highest BCUT2D eigenvalue weighted by molar-refractivity contribution is 5.89. The molecule has 1 fully saturated rings. The molecule has 0 aliphatic carbocycles. The van der Waals surface area contributed by atoms with E-state index >= 15 is 0 Å². The Hall–Kier alpha value is -1.81. The van der Waals surface area contributed by atoms with Crippen molar-refractivity contribution in [3.8, 4) is 5.88 Å². The average Bonchev–Trinajstić information content (AvgIpc) is 2.47. The molecule has 0 saturated carbocycles. The first-order chi connectivity index (χ1) is 10.0. The number of hydrogen-bond acceptors (Lipinski definition) is 4. The number of anilines is 1. The minimum absolute atomic E-state index is 0.244. The lowest BCUT2D eigenvalue weighted by atomic mass is 10.1. The van der Waals surface area contributed by atoms with Crippen LogP contribution in [0.4, 0.5) is 5.69 Å². The van der Waals surface area contributed by atoms with Crippen molar-refractivity contribution in [2.75, 3.05) is 31.1 Å². The van der Waals surface area contributed by atoms with E-state index in [1.54, 1.807) is 0 Å². The van der Waals surface area contributed by atoms with E-state index in [1.165, 1.54) is 11.1 Å². The van der Waals surface area contributed by atoms with Gasteiger partial charge >= 0.3 is 0 Å². The van der Waals surface area contributed by atoms with Crippen molar-refractivity contribution < 1.29 is 4.74 Å². The van der Waals surface area contributed by atoms with Gasteiger partial charge in [-0.1, -0.05) is 6.07 Å². The summed E-state index contributed by atoms with van der Waals surface area (Å²) in [5.41, 5.74) is 1.00. The number of fused-ring (bicyclic) bond motifs is 1. The van der Waals surface area contributed by atoms with Gasteiger partial charge in [-0.2, -0.15) is 0 Å². The maximum absolute atomic E-state index is 6.02. The van der Waals surface area contributed by atoms with E-state index in [1.807, 2.05) is 33.0 Å². The molecule has 4 heteroatoms. The molecule has 1 saturated heterocycles. The Bertz CT molecular complexity index is 627. The summed E-state index contributed by atoms with van der Waals surface area (Å²) in [5.74, 6) is 0.719. The molecule has 1 N–H and O–H groups in total. The molecule has 4 nitrogen and oxygen atoms in total. The van der Waals surface area contributed by atoms with Crippen molar-refractivity contribution in [3.05, 3.63) is 30.5 Å². The highest BCUT2D eigenvalue weighted by Crippen LogP contribution is 2.30. The summed E-state index contributed by atoms with van der Waals surface area (Å²) >= 11 is 0. The quantitative estimate of drug-likeness (QED) is 0.920. The molecule has 0 spiro atoms. The molecule has 0 radical (unpaired) electrons. The average molecular weight is 285 g/mol. The fourth-order valence-corrected chi connectivity index (χ4v) is 2.62. The predicted octanol–water partition coefficient (Wildman–Crippen LogP) is 2.82. The molecule has 1 aliphatic rings. The molecule has 2 heterocycles. The number of nitrogens with one attached hydrogen (secondary N) is 1. The number of ether oxygens (including phenoxy) is 1. The fraction of sp³-hybridized carbons (Fsp3) is 0.471. The van der Waals surface area contributed by atoms with Crippen LogP contribution in [0, 0.1) is 0 Å². The second-order valence-electron chi connectivity index (χ2n) is 6.47. The molecular formula is C17H23N3O. The molecule has 0 amide bonds. The second kappa shape index (κ2) is 5.53. The second-order valence-corrected chi connectivity index (χ2v) is 6.47. The summed E-state index contributed by atoms with van der Waals surface area (Å²) < 4.78 is 6.02. The molecular weight excluding hydrogens is 262 g/mol. The Morgan fingerprint density at radius 2 is 1.90 bits per heavy atom. The van der Waals surface area contributed by atoms with Crippen molar-refractivity contribution >= 4 is 16.5 Å². The molecule has 2 aromatic rings. The highest BCUT2D eigenvalue weighted by Gasteiger charge is 2.16. The van der Waals surface area contributed by atoms with E-state index < -0.39 is 0 Å². The van der Waals surface area contributed by atoms with Gasteiger partial charge in [-0.3, -0.25) is 0 Å². The lowest BCUT2D eigenvalue weighted by Gasteiger charge is -2.30. The van der Waals surface area contributed by atoms with Crippen LogP contribution in [0.25, 0.3) is 10.8 Å².